The second-order valence-corrected chi connectivity index (χ2v) is 16.9. The molecule has 2 heterocycles. The summed E-state index contributed by atoms with van der Waals surface area (Å²) in [7, 11) is 0. The summed E-state index contributed by atoms with van der Waals surface area (Å²) >= 11 is 6.71. The predicted octanol–water partition coefficient (Wildman–Crippen LogP) is 12.0. The zero-order valence-electron chi connectivity index (χ0n) is 28.1. The number of nitrogen functional groups attached to an aromatic ring is 1. The van der Waals surface area contributed by atoms with Gasteiger partial charge in [-0.15, -0.1) is 36.2 Å². The molecule has 4 aromatic rings. The van der Waals surface area contributed by atoms with E-state index in [-0.39, 0.29) is 11.1 Å². The Bertz CT molecular complexity index is 2340. The number of thioether (sulfide) groups is 2. The molecule has 2 atom stereocenters. The van der Waals surface area contributed by atoms with Crippen LogP contribution in [-0.4, -0.2) is 39.7 Å². The van der Waals surface area contributed by atoms with Crippen molar-refractivity contribution >= 4 is 75.5 Å². The molecule has 268 valence electrons. The van der Waals surface area contributed by atoms with Crippen LogP contribution in [0.4, 0.5) is 43.4 Å². The Morgan fingerprint density at radius 3 is 1.36 bits per heavy atom. The molecule has 1 saturated carbocycles. The van der Waals surface area contributed by atoms with E-state index in [1.54, 1.807) is 74.8 Å². The van der Waals surface area contributed by atoms with Crippen LogP contribution < -0.4 is 5.73 Å². The average molecular weight is 774 g/mol. The summed E-state index contributed by atoms with van der Waals surface area (Å²) in [6.07, 6.45) is 6.22. The number of anilines is 1. The fourth-order valence-corrected chi connectivity index (χ4v) is 10.3. The van der Waals surface area contributed by atoms with Crippen LogP contribution in [0.2, 0.25) is 0 Å². The van der Waals surface area contributed by atoms with Crippen LogP contribution in [0.5, 0.6) is 0 Å². The van der Waals surface area contributed by atoms with Crippen molar-refractivity contribution in [1.82, 2.24) is 0 Å². The normalized spacial score (nSPS) is 25.2. The monoisotopic (exact) mass is 773 g/mol. The van der Waals surface area contributed by atoms with E-state index < -0.39 is 38.4 Å². The minimum absolute atomic E-state index is 0.215. The Morgan fingerprint density at radius 2 is 0.943 bits per heavy atom. The van der Waals surface area contributed by atoms with Crippen LogP contribution in [0.3, 0.4) is 0 Å². The highest BCUT2D eigenvalue weighted by Crippen LogP contribution is 2.75. The van der Waals surface area contributed by atoms with Gasteiger partial charge in [0.15, 0.2) is 0 Å². The van der Waals surface area contributed by atoms with Gasteiger partial charge in [-0.2, -0.15) is 26.3 Å². The Kier molecular flexibility index (Phi) is 8.29. The Morgan fingerprint density at radius 1 is 0.566 bits per heavy atom. The molecule has 0 spiro atoms. The average Bonchev–Trinajstić information content (AvgIpc) is 3.71. The second kappa shape index (κ2) is 12.3. The number of fused-ring (bicyclic) bond motifs is 4. The lowest BCUT2D eigenvalue weighted by atomic mass is 9.71. The number of benzene rings is 4. The van der Waals surface area contributed by atoms with Gasteiger partial charge in [0.25, 0.3) is 0 Å². The Labute approximate surface area is 316 Å². The van der Waals surface area contributed by atoms with Gasteiger partial charge in [-0.05, 0) is 108 Å². The second-order valence-electron chi connectivity index (χ2n) is 13.5. The van der Waals surface area contributed by atoms with E-state index in [4.69, 9.17) is 5.73 Å². The first-order chi connectivity index (χ1) is 25.0. The van der Waals surface area contributed by atoms with Crippen LogP contribution in [0.15, 0.2) is 146 Å². The number of hydrogen-bond donors (Lipinski definition) is 2. The minimum atomic E-state index is -5.62. The van der Waals surface area contributed by atoms with Gasteiger partial charge >= 0.3 is 17.8 Å². The molecular weight excluding hydrogens is 745 g/mol. The predicted molar refractivity (Wildman–Crippen MR) is 209 cm³/mol. The number of thiol groups is 1. The highest BCUT2D eigenvalue weighted by Gasteiger charge is 2.84. The molecule has 0 bridgehead atoms. The summed E-state index contributed by atoms with van der Waals surface area (Å²) in [4.78, 5) is 10.9. The number of nitrogens with zero attached hydrogens (tertiary/aromatic N) is 2. The van der Waals surface area contributed by atoms with Crippen molar-refractivity contribution in [2.24, 2.45) is 9.98 Å². The lowest BCUT2D eigenvalue weighted by molar-refractivity contribution is -0.258. The molecule has 1 fully saturated rings. The van der Waals surface area contributed by atoms with Gasteiger partial charge in [-0.25, -0.2) is 0 Å². The first kappa shape index (κ1) is 35.6. The molecule has 2 aliphatic carbocycles. The summed E-state index contributed by atoms with van der Waals surface area (Å²) in [5.74, 6) is -15.8. The zero-order chi connectivity index (χ0) is 37.6. The quantitative estimate of drug-likeness (QED) is 0.0888. The maximum atomic E-state index is 15.7. The molecule has 12 heteroatoms. The molecule has 0 aromatic heterocycles. The summed E-state index contributed by atoms with van der Waals surface area (Å²) < 4.78 is 90.6. The summed E-state index contributed by atoms with van der Waals surface area (Å²) in [5.41, 5.74) is 7.75. The lowest BCUT2D eigenvalue weighted by Crippen LogP contribution is -2.48. The fourth-order valence-electron chi connectivity index (χ4n) is 7.06. The van der Waals surface area contributed by atoms with E-state index in [9.17, 15) is 0 Å². The van der Waals surface area contributed by atoms with Gasteiger partial charge in [-0.1, -0.05) is 48.5 Å². The van der Waals surface area contributed by atoms with Gasteiger partial charge < -0.3 is 5.73 Å². The first-order valence-corrected chi connectivity index (χ1v) is 18.5. The maximum Gasteiger partial charge on any atom is 0.380 e. The molecule has 0 saturated heterocycles. The van der Waals surface area contributed by atoms with E-state index in [0.29, 0.717) is 32.3 Å². The van der Waals surface area contributed by atoms with Crippen LogP contribution in [0.25, 0.3) is 9.81 Å². The SMILES string of the molecule is C[C@@]12SC(c3ccc(N)cc3)=CC1=C1C(=C3C=C(c4ccc(N=Cc5ccc(C=Nc6ccc(S)cc6)cc5)cc4)S[C@]32C)C(F)(F)C(F)(F)C1(F)F. The summed E-state index contributed by atoms with van der Waals surface area (Å²) in [6, 6.07) is 28.8. The zero-order valence-corrected chi connectivity index (χ0v) is 30.6. The van der Waals surface area contributed by atoms with Crippen molar-refractivity contribution in [3.8, 4) is 0 Å². The van der Waals surface area contributed by atoms with Crippen molar-refractivity contribution in [2.45, 2.75) is 46.0 Å². The van der Waals surface area contributed by atoms with Crippen molar-refractivity contribution in [2.75, 3.05) is 5.73 Å². The number of allylic oxidation sites excluding steroid dienone is 4. The first-order valence-electron chi connectivity index (χ1n) is 16.4. The molecule has 4 aromatic carbocycles. The van der Waals surface area contributed by atoms with Gasteiger partial charge in [-0.3, -0.25) is 9.98 Å². The van der Waals surface area contributed by atoms with Crippen molar-refractivity contribution in [3.05, 3.63) is 154 Å². The van der Waals surface area contributed by atoms with E-state index in [1.807, 2.05) is 48.5 Å². The third kappa shape index (κ3) is 5.47. The molecule has 2 N–H and O–H groups in total. The van der Waals surface area contributed by atoms with E-state index >= 15 is 26.3 Å². The third-order valence-electron chi connectivity index (χ3n) is 10.2. The Hall–Kier alpha value is -4.39. The number of rotatable bonds is 6. The van der Waals surface area contributed by atoms with E-state index in [2.05, 4.69) is 22.6 Å². The van der Waals surface area contributed by atoms with Gasteiger partial charge in [0.05, 0.1) is 20.9 Å². The lowest BCUT2D eigenvalue weighted by Gasteiger charge is -2.47. The summed E-state index contributed by atoms with van der Waals surface area (Å²) in [6.45, 7) is 3.35. The topological polar surface area (TPSA) is 50.7 Å². The standard InChI is InChI=1S/C41H29F6N3S3/c1-37-31(19-33(52-37)25-7-11-27(48)12-8-25)35-36(40(44,45)41(46,47)39(35,42)43)32-20-34(53-38(32,37)2)26-9-13-28(14-10-26)49-21-23-3-5-24(6-4-23)22-50-29-15-17-30(51)18-16-29/h3-22,51H,48H2,1-2H3/t37-,38-/m1/s1. The number of nitrogens with two attached hydrogens (primary N) is 1. The molecule has 0 unspecified atom stereocenters. The van der Waals surface area contributed by atoms with E-state index in [1.165, 1.54) is 35.7 Å². The molecular formula is C41H29F6N3S3. The van der Waals surface area contributed by atoms with Crippen LogP contribution in [0.1, 0.15) is 36.1 Å². The maximum absolute atomic E-state index is 15.7. The van der Waals surface area contributed by atoms with Crippen LogP contribution >= 0.6 is 36.2 Å². The van der Waals surface area contributed by atoms with Gasteiger partial charge in [0.1, 0.15) is 0 Å². The number of aliphatic imine (C=N–C) groups is 2. The van der Waals surface area contributed by atoms with Crippen molar-refractivity contribution in [3.63, 3.8) is 0 Å². The molecule has 0 amide bonds. The molecule has 2 aliphatic heterocycles. The number of halogens is 6. The summed E-state index contributed by atoms with van der Waals surface area (Å²) in [5, 5.41) is 0. The number of hydrogen-bond acceptors (Lipinski definition) is 6. The Balaban J connectivity index is 1.09. The molecule has 53 heavy (non-hydrogen) atoms. The molecule has 8 rings (SSSR count). The van der Waals surface area contributed by atoms with Crippen molar-refractivity contribution < 1.29 is 26.3 Å². The van der Waals surface area contributed by atoms with Gasteiger partial charge in [0, 0.05) is 44.0 Å². The van der Waals surface area contributed by atoms with Crippen molar-refractivity contribution in [1.29, 1.82) is 0 Å². The highest BCUT2D eigenvalue weighted by atomic mass is 32.2. The van der Waals surface area contributed by atoms with Crippen LogP contribution in [0, 0.1) is 0 Å². The van der Waals surface area contributed by atoms with Crippen LogP contribution in [-0.2, 0) is 0 Å². The van der Waals surface area contributed by atoms with E-state index in [0.717, 1.165) is 21.7 Å². The molecule has 0 radical (unpaired) electrons. The minimum Gasteiger partial charge on any atom is -0.399 e. The fraction of sp³-hybridized carbons (Fsp3) is 0.171. The number of alkyl halides is 6. The third-order valence-corrected chi connectivity index (χ3v) is 13.8. The largest absolute Gasteiger partial charge is 0.399 e. The smallest absolute Gasteiger partial charge is 0.380 e. The van der Waals surface area contributed by atoms with Gasteiger partial charge in [0.2, 0.25) is 0 Å². The highest BCUT2D eigenvalue weighted by molar-refractivity contribution is 8.14. The molecule has 4 aliphatic rings. The molecule has 3 nitrogen and oxygen atoms in total.